The monoisotopic (exact) mass is 260 g/mol. The van der Waals surface area contributed by atoms with Crippen LogP contribution in [0, 0.1) is 0 Å². The van der Waals surface area contributed by atoms with Crippen molar-refractivity contribution in [2.24, 2.45) is 0 Å². The molecule has 1 heterocycles. The largest absolute Gasteiger partial charge is 0.463 e. The number of hydrogen-bond donors (Lipinski definition) is 0. The summed E-state index contributed by atoms with van der Waals surface area (Å²) in [6, 6.07) is 0. The topological polar surface area (TPSA) is 88.1 Å². The van der Waals surface area contributed by atoms with Crippen LogP contribution in [-0.2, 0) is 33.3 Å². The smallest absolute Gasteiger partial charge is 0.303 e. The van der Waals surface area contributed by atoms with Crippen molar-refractivity contribution in [2.45, 2.75) is 39.1 Å². The first-order valence-corrected chi connectivity index (χ1v) is 5.49. The molecule has 102 valence electrons. The van der Waals surface area contributed by atoms with Gasteiger partial charge in [0.15, 0.2) is 12.2 Å². The summed E-state index contributed by atoms with van der Waals surface area (Å²) in [5.74, 6) is -1.47. The zero-order chi connectivity index (χ0) is 13.7. The minimum absolute atomic E-state index is 0.0506. The molecule has 3 atom stereocenters. The van der Waals surface area contributed by atoms with E-state index in [-0.39, 0.29) is 13.2 Å². The summed E-state index contributed by atoms with van der Waals surface area (Å²) < 4.78 is 20.1. The molecule has 0 aliphatic carbocycles. The van der Waals surface area contributed by atoms with Gasteiger partial charge in [-0.05, 0) is 0 Å². The van der Waals surface area contributed by atoms with Crippen molar-refractivity contribution in [3.05, 3.63) is 0 Å². The molecule has 1 rings (SSSR count). The molecule has 0 aromatic carbocycles. The Hall–Kier alpha value is -1.63. The third-order valence-corrected chi connectivity index (χ3v) is 2.28. The molecule has 0 radical (unpaired) electrons. The normalized spacial score (nSPS) is 26.5. The Bertz CT molecular complexity index is 338. The van der Waals surface area contributed by atoms with Crippen LogP contribution in [-0.4, -0.2) is 49.4 Å². The Kier molecular flexibility index (Phi) is 5.08. The molecular weight excluding hydrogens is 244 g/mol. The second kappa shape index (κ2) is 6.34. The van der Waals surface area contributed by atoms with E-state index in [9.17, 15) is 14.4 Å². The van der Waals surface area contributed by atoms with E-state index in [2.05, 4.69) is 0 Å². The summed E-state index contributed by atoms with van der Waals surface area (Å²) >= 11 is 0. The lowest BCUT2D eigenvalue weighted by Gasteiger charge is -2.21. The molecule has 7 heteroatoms. The fourth-order valence-electron chi connectivity index (χ4n) is 1.65. The van der Waals surface area contributed by atoms with Crippen LogP contribution in [0.4, 0.5) is 0 Å². The molecule has 0 amide bonds. The van der Waals surface area contributed by atoms with E-state index in [1.807, 2.05) is 0 Å². The second-order valence-electron chi connectivity index (χ2n) is 3.90. The lowest BCUT2D eigenvalue weighted by molar-refractivity contribution is -0.165. The number of carbonyl (C=O) groups excluding carboxylic acids is 3. The number of ether oxygens (including phenoxy) is 4. The Labute approximate surface area is 104 Å². The van der Waals surface area contributed by atoms with E-state index < -0.39 is 36.2 Å². The molecule has 1 saturated heterocycles. The lowest BCUT2D eigenvalue weighted by Crippen LogP contribution is -2.39. The molecule has 7 nitrogen and oxygen atoms in total. The first-order chi connectivity index (χ1) is 8.40. The van der Waals surface area contributed by atoms with E-state index in [0.717, 1.165) is 0 Å². The molecule has 0 unspecified atom stereocenters. The zero-order valence-electron chi connectivity index (χ0n) is 10.5. The lowest BCUT2D eigenvalue weighted by atomic mass is 10.1. The van der Waals surface area contributed by atoms with Gasteiger partial charge in [0.05, 0.1) is 6.61 Å². The maximum atomic E-state index is 11.0. The van der Waals surface area contributed by atoms with Crippen molar-refractivity contribution in [3.63, 3.8) is 0 Å². The van der Waals surface area contributed by atoms with Crippen LogP contribution in [0.2, 0.25) is 0 Å². The van der Waals surface area contributed by atoms with Crippen molar-refractivity contribution in [1.82, 2.24) is 0 Å². The van der Waals surface area contributed by atoms with Crippen molar-refractivity contribution in [3.8, 4) is 0 Å². The predicted molar refractivity (Wildman–Crippen MR) is 57.5 cm³/mol. The van der Waals surface area contributed by atoms with E-state index in [1.165, 1.54) is 20.8 Å². The van der Waals surface area contributed by atoms with Gasteiger partial charge < -0.3 is 18.9 Å². The standard InChI is InChI=1S/C11H16O7/c1-6(12)15-4-9-11(18-8(3)14)10(5-16-9)17-7(2)13/h9-11H,4-5H2,1-3H3/t9-,10-,11-/m1/s1. The van der Waals surface area contributed by atoms with Gasteiger partial charge in [-0.3, -0.25) is 14.4 Å². The van der Waals surface area contributed by atoms with Crippen LogP contribution in [0.3, 0.4) is 0 Å². The van der Waals surface area contributed by atoms with E-state index >= 15 is 0 Å². The zero-order valence-corrected chi connectivity index (χ0v) is 10.5. The molecule has 18 heavy (non-hydrogen) atoms. The molecule has 1 fully saturated rings. The summed E-state index contributed by atoms with van der Waals surface area (Å²) in [5.41, 5.74) is 0. The van der Waals surface area contributed by atoms with Gasteiger partial charge in [-0.2, -0.15) is 0 Å². The molecule has 0 spiro atoms. The fourth-order valence-corrected chi connectivity index (χ4v) is 1.65. The van der Waals surface area contributed by atoms with Crippen molar-refractivity contribution in [2.75, 3.05) is 13.2 Å². The average molecular weight is 260 g/mol. The van der Waals surface area contributed by atoms with Crippen molar-refractivity contribution in [1.29, 1.82) is 0 Å². The van der Waals surface area contributed by atoms with Crippen LogP contribution in [0.25, 0.3) is 0 Å². The summed E-state index contributed by atoms with van der Waals surface area (Å²) in [5, 5.41) is 0. The SMILES string of the molecule is CC(=O)OC[C@H]1OC[C@@H](OC(C)=O)[C@@H]1OC(C)=O. The van der Waals surface area contributed by atoms with Crippen molar-refractivity contribution >= 4 is 17.9 Å². The van der Waals surface area contributed by atoms with Crippen LogP contribution in [0.5, 0.6) is 0 Å². The first-order valence-electron chi connectivity index (χ1n) is 5.49. The molecule has 0 N–H and O–H groups in total. The molecule has 0 aromatic heterocycles. The van der Waals surface area contributed by atoms with Gasteiger partial charge in [-0.25, -0.2) is 0 Å². The Morgan fingerprint density at radius 2 is 1.67 bits per heavy atom. The molecule has 0 aromatic rings. The minimum Gasteiger partial charge on any atom is -0.463 e. The quantitative estimate of drug-likeness (QED) is 0.511. The molecule has 0 bridgehead atoms. The molecule has 0 saturated carbocycles. The van der Waals surface area contributed by atoms with Crippen LogP contribution in [0.1, 0.15) is 20.8 Å². The van der Waals surface area contributed by atoms with Gasteiger partial charge in [0, 0.05) is 20.8 Å². The highest BCUT2D eigenvalue weighted by molar-refractivity contribution is 5.67. The molecule has 1 aliphatic heterocycles. The van der Waals surface area contributed by atoms with Gasteiger partial charge in [0.25, 0.3) is 0 Å². The molecular formula is C11H16O7. The number of carbonyl (C=O) groups is 3. The second-order valence-corrected chi connectivity index (χ2v) is 3.90. The maximum absolute atomic E-state index is 11.0. The Morgan fingerprint density at radius 3 is 2.17 bits per heavy atom. The third kappa shape index (κ3) is 4.33. The fraction of sp³-hybridized carbons (Fsp3) is 0.727. The number of rotatable bonds is 4. The highest BCUT2D eigenvalue weighted by Gasteiger charge is 2.42. The van der Waals surface area contributed by atoms with Crippen molar-refractivity contribution < 1.29 is 33.3 Å². The van der Waals surface area contributed by atoms with Crippen LogP contribution >= 0.6 is 0 Å². The van der Waals surface area contributed by atoms with Crippen LogP contribution < -0.4 is 0 Å². The highest BCUT2D eigenvalue weighted by atomic mass is 16.6. The number of esters is 3. The van der Waals surface area contributed by atoms with E-state index in [4.69, 9.17) is 18.9 Å². The minimum atomic E-state index is -0.759. The summed E-state index contributed by atoms with van der Waals surface area (Å²) in [6.45, 7) is 3.81. The van der Waals surface area contributed by atoms with Gasteiger partial charge in [-0.15, -0.1) is 0 Å². The average Bonchev–Trinajstić information content (AvgIpc) is 2.57. The highest BCUT2D eigenvalue weighted by Crippen LogP contribution is 2.21. The van der Waals surface area contributed by atoms with E-state index in [1.54, 1.807) is 0 Å². The Morgan fingerprint density at radius 1 is 1.06 bits per heavy atom. The van der Waals surface area contributed by atoms with Gasteiger partial charge in [-0.1, -0.05) is 0 Å². The van der Waals surface area contributed by atoms with Gasteiger partial charge in [0.2, 0.25) is 0 Å². The number of hydrogen-bond acceptors (Lipinski definition) is 7. The summed E-state index contributed by atoms with van der Waals surface area (Å²) in [4.78, 5) is 32.6. The molecule has 1 aliphatic rings. The third-order valence-electron chi connectivity index (χ3n) is 2.28. The van der Waals surface area contributed by atoms with Gasteiger partial charge in [0.1, 0.15) is 12.7 Å². The van der Waals surface area contributed by atoms with Crippen LogP contribution in [0.15, 0.2) is 0 Å². The first kappa shape index (κ1) is 14.4. The van der Waals surface area contributed by atoms with Gasteiger partial charge >= 0.3 is 17.9 Å². The predicted octanol–water partition coefficient (Wildman–Crippen LogP) is -0.188. The Balaban J connectivity index is 2.63. The maximum Gasteiger partial charge on any atom is 0.303 e. The summed E-state index contributed by atoms with van der Waals surface area (Å²) in [6.07, 6.45) is -2.06. The summed E-state index contributed by atoms with van der Waals surface area (Å²) in [7, 11) is 0. The van der Waals surface area contributed by atoms with E-state index in [0.29, 0.717) is 0 Å².